The monoisotopic (exact) mass is 319 g/mol. The maximum atomic E-state index is 12.5. The number of carboxylic acids is 1. The Hall–Kier alpha value is -2.34. The van der Waals surface area contributed by atoms with Gasteiger partial charge in [-0.1, -0.05) is 17.7 Å². The number of carboxylic acid groups (broad SMARTS) is 1. The number of hydrogen-bond donors (Lipinski definition) is 1. The van der Waals surface area contributed by atoms with Crippen molar-refractivity contribution in [2.75, 3.05) is 6.54 Å². The molecule has 0 saturated heterocycles. The van der Waals surface area contributed by atoms with Gasteiger partial charge in [0.2, 0.25) is 0 Å². The summed E-state index contributed by atoms with van der Waals surface area (Å²) in [4.78, 5) is 25.5. The molecule has 6 nitrogen and oxygen atoms in total. The summed E-state index contributed by atoms with van der Waals surface area (Å²) in [6.45, 7) is 0.755. The van der Waals surface area contributed by atoms with Crippen LogP contribution in [0, 0.1) is 0 Å². The summed E-state index contributed by atoms with van der Waals surface area (Å²) in [5, 5.41) is 14.0. The largest absolute Gasteiger partial charge is 0.477 e. The predicted octanol–water partition coefficient (Wildman–Crippen LogP) is 1.97. The third kappa shape index (κ3) is 2.46. The van der Waals surface area contributed by atoms with Crippen molar-refractivity contribution in [1.29, 1.82) is 0 Å². The second kappa shape index (κ2) is 5.46. The molecule has 1 aromatic carbocycles. The van der Waals surface area contributed by atoms with E-state index in [4.69, 9.17) is 11.6 Å². The van der Waals surface area contributed by atoms with Crippen LogP contribution in [0.4, 0.5) is 0 Å². The van der Waals surface area contributed by atoms with Gasteiger partial charge < -0.3 is 10.0 Å². The van der Waals surface area contributed by atoms with Gasteiger partial charge in [-0.15, -0.1) is 0 Å². The molecule has 0 atom stereocenters. The highest BCUT2D eigenvalue weighted by molar-refractivity contribution is 6.30. The first-order valence-corrected chi connectivity index (χ1v) is 7.18. The van der Waals surface area contributed by atoms with E-state index in [0.717, 1.165) is 5.69 Å². The first-order valence-electron chi connectivity index (χ1n) is 6.80. The molecule has 7 heteroatoms. The van der Waals surface area contributed by atoms with Crippen LogP contribution in [0.1, 0.15) is 32.1 Å². The maximum Gasteiger partial charge on any atom is 0.354 e. The van der Waals surface area contributed by atoms with E-state index in [-0.39, 0.29) is 18.1 Å². The second-order valence-corrected chi connectivity index (χ2v) is 5.63. The topological polar surface area (TPSA) is 75.4 Å². The number of rotatable bonds is 2. The van der Waals surface area contributed by atoms with Crippen molar-refractivity contribution in [3.63, 3.8) is 0 Å². The molecule has 1 aliphatic rings. The van der Waals surface area contributed by atoms with Crippen molar-refractivity contribution in [2.24, 2.45) is 7.05 Å². The summed E-state index contributed by atoms with van der Waals surface area (Å²) in [6, 6.07) is 6.74. The van der Waals surface area contributed by atoms with Gasteiger partial charge >= 0.3 is 5.97 Å². The van der Waals surface area contributed by atoms with Gasteiger partial charge in [0.15, 0.2) is 5.69 Å². The molecule has 0 saturated carbocycles. The molecule has 0 spiro atoms. The lowest BCUT2D eigenvalue weighted by Gasteiger charge is -2.26. The first-order chi connectivity index (χ1) is 10.5. The van der Waals surface area contributed by atoms with Gasteiger partial charge in [0, 0.05) is 36.2 Å². The lowest BCUT2D eigenvalue weighted by Crippen LogP contribution is -2.36. The van der Waals surface area contributed by atoms with E-state index < -0.39 is 5.97 Å². The molecule has 1 aliphatic heterocycles. The van der Waals surface area contributed by atoms with Crippen LogP contribution in [0.25, 0.3) is 0 Å². The maximum absolute atomic E-state index is 12.5. The number of aromatic nitrogens is 2. The average molecular weight is 320 g/mol. The summed E-state index contributed by atoms with van der Waals surface area (Å²) in [6.07, 6.45) is 0.544. The van der Waals surface area contributed by atoms with Crippen molar-refractivity contribution in [3.8, 4) is 0 Å². The second-order valence-electron chi connectivity index (χ2n) is 5.19. The molecular formula is C15H14ClN3O3. The number of aryl methyl sites for hydroxylation is 1. The Morgan fingerprint density at radius 1 is 1.36 bits per heavy atom. The number of fused-ring (bicyclic) bond motifs is 1. The number of amides is 1. The molecule has 0 fully saturated rings. The van der Waals surface area contributed by atoms with Crippen molar-refractivity contribution in [1.82, 2.24) is 14.7 Å². The summed E-state index contributed by atoms with van der Waals surface area (Å²) < 4.78 is 1.36. The molecule has 114 valence electrons. The Morgan fingerprint density at radius 2 is 2.14 bits per heavy atom. The Labute approximate surface area is 131 Å². The van der Waals surface area contributed by atoms with Crippen LogP contribution in [-0.2, 0) is 20.0 Å². The molecule has 0 bridgehead atoms. The van der Waals surface area contributed by atoms with Crippen molar-refractivity contribution in [3.05, 3.63) is 51.8 Å². The molecule has 1 aromatic heterocycles. The molecule has 1 amide bonds. The SMILES string of the molecule is Cn1nc2c(c1C(=O)O)CN(C(=O)c1cccc(Cl)c1)CC2. The highest BCUT2D eigenvalue weighted by Gasteiger charge is 2.29. The van der Waals surface area contributed by atoms with Crippen LogP contribution in [0.2, 0.25) is 5.02 Å². The Morgan fingerprint density at radius 3 is 2.82 bits per heavy atom. The molecule has 0 unspecified atom stereocenters. The molecule has 22 heavy (non-hydrogen) atoms. The Balaban J connectivity index is 1.91. The van der Waals surface area contributed by atoms with Gasteiger partial charge in [-0.3, -0.25) is 9.48 Å². The molecule has 0 aliphatic carbocycles. The van der Waals surface area contributed by atoms with Crippen LogP contribution in [-0.4, -0.2) is 38.2 Å². The fraction of sp³-hybridized carbons (Fsp3) is 0.267. The zero-order valence-corrected chi connectivity index (χ0v) is 12.7. The molecule has 0 radical (unpaired) electrons. The normalized spacial score (nSPS) is 13.8. The number of carbonyl (C=O) groups excluding carboxylic acids is 1. The van der Waals surface area contributed by atoms with Gasteiger partial charge in [-0.05, 0) is 18.2 Å². The van der Waals surface area contributed by atoms with Crippen molar-refractivity contribution < 1.29 is 14.7 Å². The number of hydrogen-bond acceptors (Lipinski definition) is 3. The fourth-order valence-corrected chi connectivity index (χ4v) is 2.94. The minimum Gasteiger partial charge on any atom is -0.477 e. The van der Waals surface area contributed by atoms with Crippen molar-refractivity contribution in [2.45, 2.75) is 13.0 Å². The highest BCUT2D eigenvalue weighted by atomic mass is 35.5. The van der Waals surface area contributed by atoms with Crippen molar-refractivity contribution >= 4 is 23.5 Å². The van der Waals surface area contributed by atoms with Crippen LogP contribution in [0.3, 0.4) is 0 Å². The quantitative estimate of drug-likeness (QED) is 0.918. The molecule has 3 rings (SSSR count). The zero-order chi connectivity index (χ0) is 15.9. The summed E-state index contributed by atoms with van der Waals surface area (Å²) in [5.41, 5.74) is 1.99. The third-order valence-electron chi connectivity index (χ3n) is 3.76. The van der Waals surface area contributed by atoms with E-state index in [2.05, 4.69) is 5.10 Å². The number of carbonyl (C=O) groups is 2. The highest BCUT2D eigenvalue weighted by Crippen LogP contribution is 2.24. The molecule has 2 aromatic rings. The average Bonchev–Trinajstić information content (AvgIpc) is 2.81. The van der Waals surface area contributed by atoms with E-state index in [1.165, 1.54) is 4.68 Å². The van der Waals surface area contributed by atoms with Gasteiger partial charge in [0.1, 0.15) is 0 Å². The van der Waals surface area contributed by atoms with Crippen LogP contribution < -0.4 is 0 Å². The van der Waals surface area contributed by atoms with E-state index in [1.807, 2.05) is 0 Å². The van der Waals surface area contributed by atoms with Crippen LogP contribution in [0.15, 0.2) is 24.3 Å². The van der Waals surface area contributed by atoms with Gasteiger partial charge in [-0.2, -0.15) is 5.10 Å². The fourth-order valence-electron chi connectivity index (χ4n) is 2.75. The standard InChI is InChI=1S/C15H14ClN3O3/c1-18-13(15(21)22)11-8-19(6-5-12(11)17-18)14(20)9-3-2-4-10(16)7-9/h2-4,7H,5-6,8H2,1H3,(H,21,22). The van der Waals surface area contributed by atoms with Gasteiger partial charge in [0.25, 0.3) is 5.91 Å². The van der Waals surface area contributed by atoms with Gasteiger partial charge in [0.05, 0.1) is 12.2 Å². The number of halogens is 1. The zero-order valence-electron chi connectivity index (χ0n) is 11.9. The lowest BCUT2D eigenvalue weighted by atomic mass is 10.0. The summed E-state index contributed by atoms with van der Waals surface area (Å²) >= 11 is 5.92. The number of aromatic carboxylic acids is 1. The molecule has 2 heterocycles. The minimum absolute atomic E-state index is 0.138. The summed E-state index contributed by atoms with van der Waals surface area (Å²) in [7, 11) is 1.60. The number of benzene rings is 1. The minimum atomic E-state index is -1.03. The third-order valence-corrected chi connectivity index (χ3v) is 3.99. The van der Waals surface area contributed by atoms with E-state index in [9.17, 15) is 14.7 Å². The first kappa shape index (κ1) is 14.6. The smallest absolute Gasteiger partial charge is 0.354 e. The predicted molar refractivity (Wildman–Crippen MR) is 80.1 cm³/mol. The summed E-state index contributed by atoms with van der Waals surface area (Å²) in [5.74, 6) is -1.19. The molecule has 1 N–H and O–H groups in total. The number of nitrogens with zero attached hydrogens (tertiary/aromatic N) is 3. The van der Waals surface area contributed by atoms with E-state index in [0.29, 0.717) is 29.1 Å². The molecular weight excluding hydrogens is 306 g/mol. The Bertz CT molecular complexity index is 769. The van der Waals surface area contributed by atoms with Crippen LogP contribution in [0.5, 0.6) is 0 Å². The lowest BCUT2D eigenvalue weighted by molar-refractivity contribution is 0.0669. The van der Waals surface area contributed by atoms with Gasteiger partial charge in [-0.25, -0.2) is 4.79 Å². The van der Waals surface area contributed by atoms with Crippen LogP contribution >= 0.6 is 11.6 Å². The Kier molecular flexibility index (Phi) is 3.62. The van der Waals surface area contributed by atoms with E-state index >= 15 is 0 Å². The van der Waals surface area contributed by atoms with E-state index in [1.54, 1.807) is 36.2 Å².